The van der Waals surface area contributed by atoms with Gasteiger partial charge >= 0.3 is 0 Å². The van der Waals surface area contributed by atoms with Crippen LogP contribution in [0.5, 0.6) is 0 Å². The third kappa shape index (κ3) is 4.43. The Bertz CT molecular complexity index is 1500. The summed E-state index contributed by atoms with van der Waals surface area (Å²) >= 11 is 0. The molecule has 0 aromatic carbocycles. The van der Waals surface area contributed by atoms with Gasteiger partial charge in [0.05, 0.1) is 34.3 Å². The van der Waals surface area contributed by atoms with Gasteiger partial charge in [-0.15, -0.1) is 0 Å². The molecular formula is C29H28N6. The zero-order valence-corrected chi connectivity index (χ0v) is 20.3. The lowest BCUT2D eigenvalue weighted by molar-refractivity contribution is 1.08. The minimum atomic E-state index is 0.779. The molecule has 5 heterocycles. The number of nitrogens with one attached hydrogen (secondary N) is 2. The number of imidazole rings is 1. The summed E-state index contributed by atoms with van der Waals surface area (Å²) in [5.74, 6) is 0.779. The van der Waals surface area contributed by atoms with E-state index in [1.165, 1.54) is 0 Å². The fourth-order valence-corrected chi connectivity index (χ4v) is 4.27. The number of allylic oxidation sites excluding steroid dienone is 5. The van der Waals surface area contributed by atoms with Crippen LogP contribution in [-0.2, 0) is 0 Å². The van der Waals surface area contributed by atoms with Crippen molar-refractivity contribution in [1.29, 1.82) is 0 Å². The highest BCUT2D eigenvalue weighted by Gasteiger charge is 2.20. The highest BCUT2D eigenvalue weighted by Crippen LogP contribution is 2.34. The summed E-state index contributed by atoms with van der Waals surface area (Å²) in [4.78, 5) is 22.4. The first-order valence-electron chi connectivity index (χ1n) is 11.8. The minimum Gasteiger partial charge on any atom is -0.383 e. The number of rotatable bonds is 5. The minimum absolute atomic E-state index is 0.779. The van der Waals surface area contributed by atoms with E-state index in [2.05, 4.69) is 64.1 Å². The molecule has 35 heavy (non-hydrogen) atoms. The van der Waals surface area contributed by atoms with Crippen molar-refractivity contribution < 1.29 is 0 Å². The van der Waals surface area contributed by atoms with Gasteiger partial charge in [0.15, 0.2) is 0 Å². The highest BCUT2D eigenvalue weighted by molar-refractivity contribution is 5.94. The molecule has 0 bridgehead atoms. The van der Waals surface area contributed by atoms with E-state index < -0.39 is 0 Å². The van der Waals surface area contributed by atoms with Crippen LogP contribution in [0.25, 0.3) is 33.3 Å². The van der Waals surface area contributed by atoms with Crippen LogP contribution in [0.4, 0.5) is 5.69 Å². The summed E-state index contributed by atoms with van der Waals surface area (Å²) in [5.41, 5.74) is 10.7. The molecule has 2 N–H and O–H groups in total. The molecule has 5 rings (SSSR count). The molecule has 0 saturated heterocycles. The Kier molecular flexibility index (Phi) is 6.10. The van der Waals surface area contributed by atoms with Gasteiger partial charge < -0.3 is 10.3 Å². The normalized spacial score (nSPS) is 14.2. The van der Waals surface area contributed by atoms with Crippen molar-refractivity contribution in [2.45, 2.75) is 27.2 Å². The van der Waals surface area contributed by atoms with Crippen LogP contribution in [-0.4, -0.2) is 31.5 Å². The van der Waals surface area contributed by atoms with E-state index >= 15 is 0 Å². The van der Waals surface area contributed by atoms with Gasteiger partial charge in [-0.2, -0.15) is 0 Å². The standard InChI is InChI=1S/C29H28N6/c1-5-19(4)22(14-18(2)3)24-10-11-25-27(33-24)21(9-7-13-32-25)29-34-26-17-31-16-23(28(26)35-29)20-8-6-12-30-15-20/h5-6,8-12,14-17,32H,2,7,13H2,1,3-4H3,(H,34,35)/b19-5-,22-14+. The number of aromatic amines is 1. The number of fused-ring (bicyclic) bond motifs is 2. The summed E-state index contributed by atoms with van der Waals surface area (Å²) in [5, 5.41) is 3.52. The van der Waals surface area contributed by atoms with Crippen molar-refractivity contribution in [2.75, 3.05) is 11.9 Å². The zero-order valence-electron chi connectivity index (χ0n) is 20.3. The molecule has 4 aromatic rings. The molecule has 1 aliphatic heterocycles. The van der Waals surface area contributed by atoms with E-state index in [1.807, 2.05) is 44.6 Å². The maximum absolute atomic E-state index is 5.14. The lowest BCUT2D eigenvalue weighted by Crippen LogP contribution is -2.04. The molecule has 0 fully saturated rings. The number of hydrogen-bond donors (Lipinski definition) is 2. The Hall–Kier alpha value is -4.32. The maximum Gasteiger partial charge on any atom is 0.140 e. The molecule has 0 aliphatic carbocycles. The van der Waals surface area contributed by atoms with Crippen molar-refractivity contribution in [3.05, 3.63) is 102 Å². The first-order chi connectivity index (χ1) is 17.0. The SMILES string of the molecule is C=C(C)/C=C(\C(C)=C/C)c1ccc2c(n1)C(c1nc3c(-c4cccnc4)cncc3[nH]1)=CCCN2. The first-order valence-corrected chi connectivity index (χ1v) is 11.8. The van der Waals surface area contributed by atoms with Crippen molar-refractivity contribution in [2.24, 2.45) is 0 Å². The molecule has 6 heteroatoms. The van der Waals surface area contributed by atoms with Gasteiger partial charge in [-0.3, -0.25) is 9.97 Å². The van der Waals surface area contributed by atoms with E-state index in [0.29, 0.717) is 0 Å². The van der Waals surface area contributed by atoms with Gasteiger partial charge in [-0.1, -0.05) is 36.4 Å². The number of nitrogens with zero attached hydrogens (tertiary/aromatic N) is 4. The van der Waals surface area contributed by atoms with Crippen molar-refractivity contribution in [1.82, 2.24) is 24.9 Å². The Morgan fingerprint density at radius 2 is 1.94 bits per heavy atom. The average molecular weight is 461 g/mol. The molecule has 4 aromatic heterocycles. The molecular weight excluding hydrogens is 432 g/mol. The van der Waals surface area contributed by atoms with Gasteiger partial charge in [-0.25, -0.2) is 9.97 Å². The summed E-state index contributed by atoms with van der Waals surface area (Å²) in [6.07, 6.45) is 14.5. The number of H-pyrrole nitrogens is 1. The Morgan fingerprint density at radius 3 is 2.71 bits per heavy atom. The van der Waals surface area contributed by atoms with Crippen LogP contribution in [0.2, 0.25) is 0 Å². The van der Waals surface area contributed by atoms with E-state index in [1.54, 1.807) is 6.20 Å². The molecule has 6 nitrogen and oxygen atoms in total. The van der Waals surface area contributed by atoms with Crippen LogP contribution in [0.3, 0.4) is 0 Å². The lowest BCUT2D eigenvalue weighted by atomic mass is 9.99. The molecule has 174 valence electrons. The second kappa shape index (κ2) is 9.50. The third-order valence-corrected chi connectivity index (χ3v) is 6.11. The van der Waals surface area contributed by atoms with Gasteiger partial charge in [-0.05, 0) is 51.0 Å². The second-order valence-corrected chi connectivity index (χ2v) is 8.71. The highest BCUT2D eigenvalue weighted by atomic mass is 15.0. The van der Waals surface area contributed by atoms with Crippen LogP contribution in [0, 0.1) is 0 Å². The molecule has 0 saturated carbocycles. The maximum atomic E-state index is 5.14. The summed E-state index contributed by atoms with van der Waals surface area (Å²) in [6, 6.07) is 8.12. The molecule has 0 unspecified atom stereocenters. The number of hydrogen-bond acceptors (Lipinski definition) is 5. The first kappa shape index (κ1) is 22.5. The average Bonchev–Trinajstić information content (AvgIpc) is 3.20. The summed E-state index contributed by atoms with van der Waals surface area (Å²) in [7, 11) is 0. The molecule has 0 radical (unpaired) electrons. The zero-order chi connectivity index (χ0) is 24.4. The van der Waals surface area contributed by atoms with Crippen LogP contribution in [0.15, 0.2) is 85.0 Å². The van der Waals surface area contributed by atoms with Crippen LogP contribution >= 0.6 is 0 Å². The summed E-state index contributed by atoms with van der Waals surface area (Å²) < 4.78 is 0. The topological polar surface area (TPSA) is 79.4 Å². The number of aromatic nitrogens is 5. The Morgan fingerprint density at radius 1 is 1.06 bits per heavy atom. The predicted molar refractivity (Wildman–Crippen MR) is 144 cm³/mol. The molecule has 0 amide bonds. The van der Waals surface area contributed by atoms with Crippen molar-refractivity contribution in [3.63, 3.8) is 0 Å². The fraction of sp³-hybridized carbons (Fsp3) is 0.172. The largest absolute Gasteiger partial charge is 0.383 e. The molecule has 0 atom stereocenters. The monoisotopic (exact) mass is 460 g/mol. The molecule has 1 aliphatic rings. The van der Waals surface area contributed by atoms with Gasteiger partial charge in [0, 0.05) is 47.4 Å². The lowest BCUT2D eigenvalue weighted by Gasteiger charge is -2.14. The van der Waals surface area contributed by atoms with Gasteiger partial charge in [0.25, 0.3) is 0 Å². The summed E-state index contributed by atoms with van der Waals surface area (Å²) in [6.45, 7) is 11.1. The smallest absolute Gasteiger partial charge is 0.140 e. The van der Waals surface area contributed by atoms with Gasteiger partial charge in [0.1, 0.15) is 5.82 Å². The molecule has 0 spiro atoms. The Labute approximate surface area is 205 Å². The second-order valence-electron chi connectivity index (χ2n) is 8.71. The quantitative estimate of drug-likeness (QED) is 0.329. The number of pyridine rings is 3. The van der Waals surface area contributed by atoms with Crippen molar-refractivity contribution in [3.8, 4) is 11.1 Å². The van der Waals surface area contributed by atoms with Gasteiger partial charge in [0.2, 0.25) is 0 Å². The Balaban J connectivity index is 1.66. The number of anilines is 1. The van der Waals surface area contributed by atoms with Crippen LogP contribution < -0.4 is 5.32 Å². The van der Waals surface area contributed by atoms with E-state index in [-0.39, 0.29) is 0 Å². The van der Waals surface area contributed by atoms with Crippen molar-refractivity contribution >= 4 is 27.9 Å². The third-order valence-electron chi connectivity index (χ3n) is 6.11. The van der Waals surface area contributed by atoms with Crippen LogP contribution in [0.1, 0.15) is 44.4 Å². The van der Waals surface area contributed by atoms with E-state index in [4.69, 9.17) is 9.97 Å². The predicted octanol–water partition coefficient (Wildman–Crippen LogP) is 6.59. The van der Waals surface area contributed by atoms with E-state index in [9.17, 15) is 0 Å². The fourth-order valence-electron chi connectivity index (χ4n) is 4.27. The van der Waals surface area contributed by atoms with E-state index in [0.717, 1.165) is 80.3 Å².